The van der Waals surface area contributed by atoms with Crippen molar-refractivity contribution in [3.63, 3.8) is 0 Å². The van der Waals surface area contributed by atoms with Crippen LogP contribution in [-0.4, -0.2) is 24.0 Å². The second-order valence-corrected chi connectivity index (χ2v) is 9.64. The van der Waals surface area contributed by atoms with Crippen LogP contribution in [0.3, 0.4) is 0 Å². The fourth-order valence-corrected chi connectivity index (χ4v) is 3.91. The molecule has 1 amide bonds. The van der Waals surface area contributed by atoms with Crippen LogP contribution in [0.25, 0.3) is 5.76 Å². The number of ether oxygens (including phenoxy) is 1. The Bertz CT molecular complexity index is 1240. The molecule has 2 aromatic carbocycles. The van der Waals surface area contributed by atoms with Crippen molar-refractivity contribution in [2.24, 2.45) is 0 Å². The Kier molecular flexibility index (Phi) is 5.88. The lowest BCUT2D eigenvalue weighted by Crippen LogP contribution is -2.29. The number of ketones is 1. The number of nitrogens with zero attached hydrogens (tertiary/aromatic N) is 2. The van der Waals surface area contributed by atoms with Crippen molar-refractivity contribution < 1.29 is 24.0 Å². The van der Waals surface area contributed by atoms with Gasteiger partial charge in [-0.1, -0.05) is 71.9 Å². The summed E-state index contributed by atoms with van der Waals surface area (Å²) in [5.41, 5.74) is 0.404. The number of aromatic nitrogens is 1. The van der Waals surface area contributed by atoms with Gasteiger partial charge >= 0.3 is 5.91 Å². The zero-order chi connectivity index (χ0) is 23.9. The molecule has 1 atom stereocenters. The summed E-state index contributed by atoms with van der Waals surface area (Å²) in [4.78, 5) is 27.5. The van der Waals surface area contributed by atoms with Crippen molar-refractivity contribution in [2.45, 2.75) is 32.2 Å². The van der Waals surface area contributed by atoms with Crippen LogP contribution in [0.4, 0.5) is 5.82 Å². The predicted molar refractivity (Wildman–Crippen MR) is 124 cm³/mol. The Morgan fingerprint density at radius 1 is 1.09 bits per heavy atom. The van der Waals surface area contributed by atoms with Crippen molar-refractivity contribution in [3.8, 4) is 5.75 Å². The number of carbonyl (C=O) groups is 2. The van der Waals surface area contributed by atoms with Gasteiger partial charge in [0.05, 0.1) is 13.2 Å². The largest absolute Gasteiger partial charge is 0.872 e. The van der Waals surface area contributed by atoms with Gasteiger partial charge in [0.1, 0.15) is 11.5 Å². The van der Waals surface area contributed by atoms with E-state index in [1.807, 2.05) is 20.8 Å². The third-order valence-electron chi connectivity index (χ3n) is 5.46. The number of anilines is 1. The van der Waals surface area contributed by atoms with E-state index in [1.165, 1.54) is 4.90 Å². The Labute approximate surface area is 199 Å². The number of amides is 1. The summed E-state index contributed by atoms with van der Waals surface area (Å²) in [6.07, 6.45) is 0. The average Bonchev–Trinajstić information content (AvgIpc) is 3.37. The summed E-state index contributed by atoms with van der Waals surface area (Å²) in [5, 5.41) is 17.5. The third kappa shape index (κ3) is 4.18. The van der Waals surface area contributed by atoms with Crippen LogP contribution in [0, 0.1) is 0 Å². The van der Waals surface area contributed by atoms with Crippen LogP contribution in [0.2, 0.25) is 0 Å². The minimum Gasteiger partial charge on any atom is -0.872 e. The van der Waals surface area contributed by atoms with Crippen LogP contribution < -0.4 is 14.7 Å². The molecule has 0 bridgehead atoms. The molecule has 7 nitrogen and oxygen atoms in total. The standard InChI is InChI=1S/C25H23BrN2O5/c1-25(2,3)18-13-19(27-33-18)28-21(14-7-11-17(32-4)12-8-14)20(23(30)24(28)31)22(29)15-5-9-16(26)10-6-15/h5-13,21,29H,1-4H3/p-1. The van der Waals surface area contributed by atoms with E-state index < -0.39 is 23.5 Å². The lowest BCUT2D eigenvalue weighted by atomic mass is 9.93. The number of carbonyl (C=O) groups excluding carboxylic acids is 2. The highest BCUT2D eigenvalue weighted by molar-refractivity contribution is 9.10. The zero-order valence-corrected chi connectivity index (χ0v) is 20.2. The number of benzene rings is 2. The van der Waals surface area contributed by atoms with Crippen molar-refractivity contribution in [1.29, 1.82) is 0 Å². The zero-order valence-electron chi connectivity index (χ0n) is 18.6. The summed E-state index contributed by atoms with van der Waals surface area (Å²) < 4.78 is 11.5. The molecule has 170 valence electrons. The number of hydrogen-bond donors (Lipinski definition) is 0. The van der Waals surface area contributed by atoms with Crippen molar-refractivity contribution >= 4 is 39.2 Å². The molecule has 1 fully saturated rings. The van der Waals surface area contributed by atoms with Crippen LogP contribution in [-0.2, 0) is 15.0 Å². The average molecular weight is 510 g/mol. The van der Waals surface area contributed by atoms with E-state index in [1.54, 1.807) is 61.7 Å². The second kappa shape index (κ2) is 8.51. The van der Waals surface area contributed by atoms with E-state index in [2.05, 4.69) is 21.1 Å². The summed E-state index contributed by atoms with van der Waals surface area (Å²) in [5.74, 6) is -0.854. The first-order valence-electron chi connectivity index (χ1n) is 10.3. The van der Waals surface area contributed by atoms with Gasteiger partial charge in [0.25, 0.3) is 0 Å². The first-order valence-corrected chi connectivity index (χ1v) is 11.1. The quantitative estimate of drug-likeness (QED) is 0.297. The number of halogens is 1. The van der Waals surface area contributed by atoms with E-state index in [0.29, 0.717) is 22.6 Å². The summed E-state index contributed by atoms with van der Waals surface area (Å²) in [7, 11) is 1.54. The lowest BCUT2D eigenvalue weighted by molar-refractivity contribution is -0.245. The summed E-state index contributed by atoms with van der Waals surface area (Å²) in [6, 6.07) is 14.2. The molecule has 0 aliphatic carbocycles. The summed E-state index contributed by atoms with van der Waals surface area (Å²) >= 11 is 3.34. The maximum Gasteiger partial charge on any atom is 0.301 e. The van der Waals surface area contributed by atoms with Crippen LogP contribution in [0.5, 0.6) is 5.75 Å². The molecule has 1 aliphatic rings. The summed E-state index contributed by atoms with van der Waals surface area (Å²) in [6.45, 7) is 5.84. The molecule has 0 radical (unpaired) electrons. The minimum atomic E-state index is -0.954. The van der Waals surface area contributed by atoms with Gasteiger partial charge in [0, 0.05) is 21.5 Å². The van der Waals surface area contributed by atoms with Crippen LogP contribution in [0.15, 0.2) is 69.2 Å². The van der Waals surface area contributed by atoms with Crippen LogP contribution in [0.1, 0.15) is 43.7 Å². The SMILES string of the molecule is COc1ccc(C2C(=C([O-])c3ccc(Br)cc3)C(=O)C(=O)N2c2cc(C(C)(C)C)on2)cc1. The van der Waals surface area contributed by atoms with Gasteiger partial charge in [0.2, 0.25) is 5.78 Å². The van der Waals surface area contributed by atoms with Gasteiger partial charge in [0.15, 0.2) is 5.82 Å². The van der Waals surface area contributed by atoms with E-state index in [4.69, 9.17) is 9.26 Å². The first-order chi connectivity index (χ1) is 15.6. The monoisotopic (exact) mass is 509 g/mol. The normalized spacial score (nSPS) is 18.1. The molecule has 8 heteroatoms. The molecule has 1 unspecified atom stereocenters. The molecule has 1 saturated heterocycles. The third-order valence-corrected chi connectivity index (χ3v) is 5.98. The van der Waals surface area contributed by atoms with Crippen molar-refractivity contribution in [2.75, 3.05) is 12.0 Å². The molecule has 1 aromatic heterocycles. The van der Waals surface area contributed by atoms with E-state index in [-0.39, 0.29) is 16.8 Å². The van der Waals surface area contributed by atoms with Crippen molar-refractivity contribution in [1.82, 2.24) is 5.16 Å². The van der Waals surface area contributed by atoms with E-state index >= 15 is 0 Å². The van der Waals surface area contributed by atoms with Crippen molar-refractivity contribution in [3.05, 3.63) is 81.5 Å². The molecule has 0 saturated carbocycles. The second-order valence-electron chi connectivity index (χ2n) is 8.73. The van der Waals surface area contributed by atoms with E-state index in [0.717, 1.165) is 4.47 Å². The molecule has 4 rings (SSSR count). The number of hydrogen-bond acceptors (Lipinski definition) is 6. The highest BCUT2D eigenvalue weighted by Gasteiger charge is 2.46. The number of Topliss-reactive ketones (excluding diaryl/α,β-unsaturated/α-hetero) is 1. The maximum atomic E-state index is 13.4. The van der Waals surface area contributed by atoms with Crippen LogP contribution >= 0.6 is 15.9 Å². The maximum absolute atomic E-state index is 13.4. The van der Waals surface area contributed by atoms with Gasteiger partial charge in [-0.3, -0.25) is 14.5 Å². The van der Waals surface area contributed by atoms with E-state index in [9.17, 15) is 14.7 Å². The molecule has 33 heavy (non-hydrogen) atoms. The van der Waals surface area contributed by atoms with Gasteiger partial charge in [-0.15, -0.1) is 0 Å². The molecular weight excluding hydrogens is 488 g/mol. The molecule has 3 aromatic rings. The lowest BCUT2D eigenvalue weighted by Gasteiger charge is -2.26. The highest BCUT2D eigenvalue weighted by Crippen LogP contribution is 2.42. The smallest absolute Gasteiger partial charge is 0.301 e. The first kappa shape index (κ1) is 22.8. The molecular formula is C25H22BrN2O5-. The van der Waals surface area contributed by atoms with Gasteiger partial charge in [-0.2, -0.15) is 0 Å². The number of rotatable bonds is 4. The minimum absolute atomic E-state index is 0.132. The fraction of sp³-hybridized carbons (Fsp3) is 0.240. The van der Waals surface area contributed by atoms with Gasteiger partial charge < -0.3 is 14.4 Å². The number of methoxy groups -OCH3 is 1. The fourth-order valence-electron chi connectivity index (χ4n) is 3.65. The predicted octanol–water partition coefficient (Wildman–Crippen LogP) is 4.17. The Morgan fingerprint density at radius 3 is 2.27 bits per heavy atom. The highest BCUT2D eigenvalue weighted by atomic mass is 79.9. The topological polar surface area (TPSA) is 95.7 Å². The Hall–Kier alpha value is -3.39. The molecule has 0 spiro atoms. The Balaban J connectivity index is 1.91. The molecule has 2 heterocycles. The van der Waals surface area contributed by atoms with Gasteiger partial charge in [-0.25, -0.2) is 0 Å². The van der Waals surface area contributed by atoms with Gasteiger partial charge in [-0.05, 0) is 35.4 Å². The molecule has 0 N–H and O–H groups in total. The Morgan fingerprint density at radius 2 is 1.73 bits per heavy atom. The molecule has 1 aliphatic heterocycles.